The van der Waals surface area contributed by atoms with Gasteiger partial charge in [0.15, 0.2) is 11.3 Å². The van der Waals surface area contributed by atoms with Gasteiger partial charge in [0.1, 0.15) is 5.82 Å². The van der Waals surface area contributed by atoms with Gasteiger partial charge < -0.3 is 10.6 Å². The number of nitrogens with zero attached hydrogens (tertiary/aromatic N) is 3. The molecule has 20 heavy (non-hydrogen) atoms. The van der Waals surface area contributed by atoms with E-state index in [9.17, 15) is 13.2 Å². The van der Waals surface area contributed by atoms with Crippen molar-refractivity contribution in [2.75, 3.05) is 18.4 Å². The van der Waals surface area contributed by atoms with Crippen LogP contribution in [0.3, 0.4) is 0 Å². The Balaban J connectivity index is 2.03. The van der Waals surface area contributed by atoms with Gasteiger partial charge in [-0.05, 0) is 19.9 Å². The Morgan fingerprint density at radius 3 is 2.85 bits per heavy atom. The van der Waals surface area contributed by atoms with Crippen molar-refractivity contribution in [1.82, 2.24) is 19.9 Å². The van der Waals surface area contributed by atoms with Gasteiger partial charge in [-0.2, -0.15) is 22.8 Å². The average Bonchev–Trinajstić information content (AvgIpc) is 2.95. The lowest BCUT2D eigenvalue weighted by Gasteiger charge is -2.14. The van der Waals surface area contributed by atoms with E-state index in [-0.39, 0.29) is 11.7 Å². The summed E-state index contributed by atoms with van der Waals surface area (Å²) < 4.78 is 39.4. The molecule has 2 aromatic heterocycles. The van der Waals surface area contributed by atoms with Gasteiger partial charge in [0.25, 0.3) is 0 Å². The second kappa shape index (κ2) is 4.62. The molecule has 1 aliphatic rings. The lowest BCUT2D eigenvalue weighted by atomic mass is 10.2. The first-order valence-corrected chi connectivity index (χ1v) is 6.35. The first-order chi connectivity index (χ1) is 9.43. The molecule has 3 rings (SSSR count). The summed E-state index contributed by atoms with van der Waals surface area (Å²) in [5.74, 6) is 0.539. The van der Waals surface area contributed by atoms with Gasteiger partial charge in [0.2, 0.25) is 0 Å². The van der Waals surface area contributed by atoms with E-state index in [1.54, 1.807) is 13.0 Å². The topological polar surface area (TPSA) is 54.2 Å². The van der Waals surface area contributed by atoms with Gasteiger partial charge in [-0.3, -0.25) is 0 Å². The molecular weight excluding hydrogens is 271 g/mol. The Morgan fingerprint density at radius 1 is 1.40 bits per heavy atom. The van der Waals surface area contributed by atoms with Crippen LogP contribution in [0.1, 0.15) is 17.8 Å². The normalized spacial score (nSPS) is 19.7. The Kier molecular flexibility index (Phi) is 3.04. The summed E-state index contributed by atoms with van der Waals surface area (Å²) in [4.78, 5) is 4.09. The number of hydrogen-bond donors (Lipinski definition) is 2. The molecule has 5 nitrogen and oxygen atoms in total. The molecular formula is C12H14F3N5. The Hall–Kier alpha value is -1.83. The number of aromatic nitrogens is 3. The molecule has 0 spiro atoms. The Bertz CT molecular complexity index is 628. The minimum Gasteiger partial charge on any atom is -0.366 e. The van der Waals surface area contributed by atoms with Crippen LogP contribution in [0.4, 0.5) is 19.0 Å². The molecule has 0 radical (unpaired) electrons. The van der Waals surface area contributed by atoms with Crippen molar-refractivity contribution >= 4 is 11.5 Å². The third-order valence-electron chi connectivity index (χ3n) is 3.26. The van der Waals surface area contributed by atoms with Crippen molar-refractivity contribution in [3.05, 3.63) is 23.5 Å². The summed E-state index contributed by atoms with van der Waals surface area (Å²) in [6, 6.07) is 2.86. The highest BCUT2D eigenvalue weighted by molar-refractivity contribution is 5.51. The zero-order chi connectivity index (χ0) is 14.3. The zero-order valence-electron chi connectivity index (χ0n) is 10.8. The fraction of sp³-hybridized carbons (Fsp3) is 0.500. The molecule has 0 bridgehead atoms. The smallest absolute Gasteiger partial charge is 0.366 e. The molecule has 0 amide bonds. The van der Waals surface area contributed by atoms with Crippen LogP contribution >= 0.6 is 0 Å². The predicted molar refractivity (Wildman–Crippen MR) is 67.6 cm³/mol. The van der Waals surface area contributed by atoms with Gasteiger partial charge in [-0.15, -0.1) is 0 Å². The summed E-state index contributed by atoms with van der Waals surface area (Å²) in [6.45, 7) is 3.44. The second-order valence-electron chi connectivity index (χ2n) is 4.91. The first-order valence-electron chi connectivity index (χ1n) is 6.35. The number of halogens is 3. The highest BCUT2D eigenvalue weighted by Gasteiger charge is 2.34. The number of hydrogen-bond acceptors (Lipinski definition) is 4. The first kappa shape index (κ1) is 13.2. The fourth-order valence-corrected chi connectivity index (χ4v) is 2.33. The van der Waals surface area contributed by atoms with Crippen LogP contribution in [0.2, 0.25) is 0 Å². The van der Waals surface area contributed by atoms with Gasteiger partial charge in [0, 0.05) is 30.4 Å². The van der Waals surface area contributed by atoms with Crippen LogP contribution in [-0.2, 0) is 6.18 Å². The molecule has 1 aliphatic heterocycles. The van der Waals surface area contributed by atoms with Crippen LogP contribution in [-0.4, -0.2) is 33.7 Å². The van der Waals surface area contributed by atoms with Crippen molar-refractivity contribution in [3.8, 4) is 0 Å². The largest absolute Gasteiger partial charge is 0.435 e. The lowest BCUT2D eigenvalue weighted by Crippen LogP contribution is -2.23. The van der Waals surface area contributed by atoms with E-state index in [0.717, 1.165) is 25.6 Å². The molecule has 1 unspecified atom stereocenters. The maximum atomic E-state index is 12.7. The van der Waals surface area contributed by atoms with Crippen molar-refractivity contribution in [2.45, 2.75) is 25.6 Å². The monoisotopic (exact) mass is 285 g/mol. The Morgan fingerprint density at radius 2 is 2.20 bits per heavy atom. The van der Waals surface area contributed by atoms with Crippen molar-refractivity contribution < 1.29 is 13.2 Å². The third-order valence-corrected chi connectivity index (χ3v) is 3.26. The third kappa shape index (κ3) is 2.43. The molecule has 2 N–H and O–H groups in total. The number of aryl methyl sites for hydroxylation is 1. The number of nitrogens with one attached hydrogen (secondary N) is 2. The average molecular weight is 285 g/mol. The fourth-order valence-electron chi connectivity index (χ4n) is 2.33. The summed E-state index contributed by atoms with van der Waals surface area (Å²) in [5.41, 5.74) is -0.0754. The van der Waals surface area contributed by atoms with Crippen molar-refractivity contribution in [2.24, 2.45) is 0 Å². The van der Waals surface area contributed by atoms with E-state index in [4.69, 9.17) is 0 Å². The number of rotatable bonds is 2. The van der Waals surface area contributed by atoms with E-state index in [0.29, 0.717) is 11.5 Å². The van der Waals surface area contributed by atoms with Gasteiger partial charge in [0.05, 0.1) is 0 Å². The van der Waals surface area contributed by atoms with Gasteiger partial charge in [-0.1, -0.05) is 0 Å². The van der Waals surface area contributed by atoms with E-state index < -0.39 is 11.9 Å². The maximum Gasteiger partial charge on any atom is 0.435 e. The Labute approximate surface area is 113 Å². The van der Waals surface area contributed by atoms with Gasteiger partial charge in [-0.25, -0.2) is 4.98 Å². The summed E-state index contributed by atoms with van der Waals surface area (Å²) >= 11 is 0. The molecule has 1 saturated heterocycles. The van der Waals surface area contributed by atoms with Crippen molar-refractivity contribution in [3.63, 3.8) is 0 Å². The number of fused-ring (bicyclic) bond motifs is 1. The summed E-state index contributed by atoms with van der Waals surface area (Å²) in [7, 11) is 0. The second-order valence-corrected chi connectivity index (χ2v) is 4.91. The van der Waals surface area contributed by atoms with E-state index >= 15 is 0 Å². The molecule has 0 saturated carbocycles. The zero-order valence-corrected chi connectivity index (χ0v) is 10.8. The van der Waals surface area contributed by atoms with Gasteiger partial charge >= 0.3 is 6.18 Å². The highest BCUT2D eigenvalue weighted by Crippen LogP contribution is 2.29. The lowest BCUT2D eigenvalue weighted by molar-refractivity contribution is -0.141. The molecule has 3 heterocycles. The summed E-state index contributed by atoms with van der Waals surface area (Å²) in [6.07, 6.45) is -3.54. The minimum absolute atomic E-state index is 0.193. The van der Waals surface area contributed by atoms with E-state index in [1.165, 1.54) is 4.52 Å². The van der Waals surface area contributed by atoms with Crippen LogP contribution < -0.4 is 10.6 Å². The minimum atomic E-state index is -4.46. The predicted octanol–water partition coefficient (Wildman–Crippen LogP) is 1.83. The number of anilines is 1. The molecule has 1 atom stereocenters. The van der Waals surface area contributed by atoms with E-state index in [2.05, 4.69) is 20.7 Å². The van der Waals surface area contributed by atoms with Crippen LogP contribution in [0, 0.1) is 6.92 Å². The van der Waals surface area contributed by atoms with E-state index in [1.807, 2.05) is 0 Å². The van der Waals surface area contributed by atoms with Crippen molar-refractivity contribution in [1.29, 1.82) is 0 Å². The molecule has 0 aliphatic carbocycles. The summed E-state index contributed by atoms with van der Waals surface area (Å²) in [5, 5.41) is 10.0. The molecule has 108 valence electrons. The van der Waals surface area contributed by atoms with Crippen LogP contribution in [0.5, 0.6) is 0 Å². The van der Waals surface area contributed by atoms with Crippen LogP contribution in [0.25, 0.3) is 5.65 Å². The molecule has 8 heteroatoms. The molecule has 0 aromatic carbocycles. The standard InChI is InChI=1S/C12H14F3N5/c1-7-4-10(18-8-2-3-16-6-8)20-11(17-7)5-9(19-20)12(13,14)15/h4-5,8,16,18H,2-3,6H2,1H3. The SMILES string of the molecule is Cc1cc(NC2CCNC2)n2nc(C(F)(F)F)cc2n1. The highest BCUT2D eigenvalue weighted by atomic mass is 19.4. The molecule has 1 fully saturated rings. The molecule has 2 aromatic rings. The quantitative estimate of drug-likeness (QED) is 0.884. The van der Waals surface area contributed by atoms with Crippen LogP contribution in [0.15, 0.2) is 12.1 Å². The maximum absolute atomic E-state index is 12.7. The number of alkyl halides is 3.